The number of allylic oxidation sites excluding steroid dienone is 10. The van der Waals surface area contributed by atoms with Crippen LogP contribution in [0.5, 0.6) is 0 Å². The highest BCUT2D eigenvalue weighted by Gasteiger charge is 2.74. The number of hydrogen-bond donors (Lipinski definition) is 0. The van der Waals surface area contributed by atoms with Crippen molar-refractivity contribution in [3.63, 3.8) is 0 Å². The number of hydroxylamine groups is 2. The van der Waals surface area contributed by atoms with Gasteiger partial charge in [-0.3, -0.25) is 0 Å². The van der Waals surface area contributed by atoms with E-state index in [1.807, 2.05) is 42.5 Å². The zero-order valence-corrected chi connectivity index (χ0v) is 22.9. The van der Waals surface area contributed by atoms with Gasteiger partial charge in [0, 0.05) is 10.8 Å². The number of fused-ring (bicyclic) bond motifs is 1. The fourth-order valence-electron chi connectivity index (χ4n) is 7.73. The maximum atomic E-state index is 7.00. The third kappa shape index (κ3) is 4.36. The molecular formula is C35H47NO. The Morgan fingerprint density at radius 1 is 0.595 bits per heavy atom. The SMILES string of the molecule is C=CCC1=CC=C2ON(CC=C)C(CC=C)(CC=C)C(CC=C)(CC=C)C2(CC=C)C1(CC=C)CC=C. The number of nitrogens with zero attached hydrogens (tertiary/aromatic N) is 1. The van der Waals surface area contributed by atoms with Crippen molar-refractivity contribution in [2.75, 3.05) is 6.54 Å². The van der Waals surface area contributed by atoms with E-state index in [4.69, 9.17) is 4.84 Å². The van der Waals surface area contributed by atoms with E-state index in [1.165, 1.54) is 5.57 Å². The first-order valence-corrected chi connectivity index (χ1v) is 13.3. The molecule has 0 saturated carbocycles. The predicted molar refractivity (Wildman–Crippen MR) is 163 cm³/mol. The fourth-order valence-corrected chi connectivity index (χ4v) is 7.73. The van der Waals surface area contributed by atoms with Gasteiger partial charge in [0.05, 0.1) is 17.5 Å². The standard InChI is InChI=1S/C35H47NO/c1-10-19-30-20-21-31-35(28-17-8,32(30,22-11-2)23-12-3)33(24-13-4,25-14-5)34(26-15-6,27-16-7)36(37-31)29-18-9/h10-18,20-21H,1-9,19,22-29H2. The summed E-state index contributed by atoms with van der Waals surface area (Å²) in [6.07, 6.45) is 28.4. The van der Waals surface area contributed by atoms with E-state index in [1.54, 1.807) is 0 Å². The quantitative estimate of drug-likeness (QED) is 0.175. The van der Waals surface area contributed by atoms with Crippen LogP contribution in [-0.4, -0.2) is 17.1 Å². The van der Waals surface area contributed by atoms with Crippen molar-refractivity contribution in [2.24, 2.45) is 16.2 Å². The van der Waals surface area contributed by atoms with Crippen molar-refractivity contribution in [3.05, 3.63) is 137 Å². The Hall–Kier alpha value is -3.10. The molecule has 2 aliphatic rings. The molecule has 2 heteroatoms. The van der Waals surface area contributed by atoms with Crippen molar-refractivity contribution in [2.45, 2.75) is 56.9 Å². The second-order valence-corrected chi connectivity index (χ2v) is 10.2. The minimum absolute atomic E-state index is 0.372. The Morgan fingerprint density at radius 3 is 1.54 bits per heavy atom. The van der Waals surface area contributed by atoms with Gasteiger partial charge in [-0.1, -0.05) is 66.3 Å². The molecule has 0 aromatic carbocycles. The summed E-state index contributed by atoms with van der Waals surface area (Å²) in [5.74, 6) is 0.929. The molecule has 1 aliphatic heterocycles. The summed E-state index contributed by atoms with van der Waals surface area (Å²) in [6.45, 7) is 38.4. The zero-order valence-electron chi connectivity index (χ0n) is 22.9. The van der Waals surface area contributed by atoms with E-state index in [-0.39, 0.29) is 5.41 Å². The van der Waals surface area contributed by atoms with Crippen LogP contribution in [0.2, 0.25) is 0 Å². The predicted octanol–water partition coefficient (Wildman–Crippen LogP) is 9.55. The van der Waals surface area contributed by atoms with Gasteiger partial charge in [0.25, 0.3) is 0 Å². The number of rotatable bonds is 18. The number of hydrogen-bond acceptors (Lipinski definition) is 2. The van der Waals surface area contributed by atoms with Gasteiger partial charge < -0.3 is 4.84 Å². The van der Waals surface area contributed by atoms with Gasteiger partial charge in [-0.05, 0) is 57.4 Å². The second kappa shape index (κ2) is 12.9. The molecule has 2 rings (SSSR count). The molecule has 1 atom stereocenters. The smallest absolute Gasteiger partial charge is 0.132 e. The van der Waals surface area contributed by atoms with Crippen LogP contribution >= 0.6 is 0 Å². The molecule has 0 radical (unpaired) electrons. The Balaban J connectivity index is 3.30. The molecule has 2 nitrogen and oxygen atoms in total. The van der Waals surface area contributed by atoms with Crippen LogP contribution in [-0.2, 0) is 4.84 Å². The molecule has 37 heavy (non-hydrogen) atoms. The first kappa shape index (κ1) is 30.1. The van der Waals surface area contributed by atoms with Crippen LogP contribution in [0, 0.1) is 16.2 Å². The van der Waals surface area contributed by atoms with Crippen molar-refractivity contribution in [3.8, 4) is 0 Å². The summed E-state index contributed by atoms with van der Waals surface area (Å²) >= 11 is 0. The van der Waals surface area contributed by atoms with Crippen LogP contribution in [0.3, 0.4) is 0 Å². The monoisotopic (exact) mass is 497 g/mol. The average Bonchev–Trinajstić information content (AvgIpc) is 2.86. The van der Waals surface area contributed by atoms with Gasteiger partial charge in [-0.15, -0.1) is 64.3 Å². The molecule has 1 saturated heterocycles. The lowest BCUT2D eigenvalue weighted by molar-refractivity contribution is -0.321. The Kier molecular flexibility index (Phi) is 10.5. The molecule has 1 fully saturated rings. The highest BCUT2D eigenvalue weighted by Crippen LogP contribution is 2.75. The van der Waals surface area contributed by atoms with Gasteiger partial charge in [-0.25, -0.2) is 0 Å². The van der Waals surface area contributed by atoms with E-state index in [9.17, 15) is 0 Å². The Bertz CT molecular complexity index is 959. The molecule has 1 aliphatic carbocycles. The van der Waals surface area contributed by atoms with Crippen LogP contribution < -0.4 is 0 Å². The van der Waals surface area contributed by atoms with Crippen LogP contribution in [0.15, 0.2) is 137 Å². The highest BCUT2D eigenvalue weighted by atomic mass is 16.7. The lowest BCUT2D eigenvalue weighted by Crippen LogP contribution is -2.73. The molecule has 1 heterocycles. The van der Waals surface area contributed by atoms with Gasteiger partial charge in [0.2, 0.25) is 0 Å². The van der Waals surface area contributed by atoms with Gasteiger partial charge in [-0.2, -0.15) is 0 Å². The summed E-state index contributed by atoms with van der Waals surface area (Å²) in [5.41, 5.74) is -0.499. The van der Waals surface area contributed by atoms with Gasteiger partial charge >= 0.3 is 0 Å². The fraction of sp³-hybridized carbons (Fsp3) is 0.371. The van der Waals surface area contributed by atoms with Crippen LogP contribution in [0.4, 0.5) is 0 Å². The maximum Gasteiger partial charge on any atom is 0.132 e. The van der Waals surface area contributed by atoms with E-state index in [0.29, 0.717) is 25.8 Å². The summed E-state index contributed by atoms with van der Waals surface area (Å²) < 4.78 is 0. The highest BCUT2D eigenvalue weighted by molar-refractivity contribution is 5.45. The third-order valence-corrected chi connectivity index (χ3v) is 8.73. The van der Waals surface area contributed by atoms with Crippen molar-refractivity contribution >= 4 is 0 Å². The lowest BCUT2D eigenvalue weighted by atomic mass is 9.36. The third-order valence-electron chi connectivity index (χ3n) is 8.73. The molecule has 0 spiro atoms. The maximum absolute atomic E-state index is 7.00. The molecule has 0 aromatic rings. The first-order valence-electron chi connectivity index (χ1n) is 13.3. The molecule has 1 unspecified atom stereocenters. The first-order chi connectivity index (χ1) is 17.9. The van der Waals surface area contributed by atoms with E-state index in [2.05, 4.69) is 88.6 Å². The molecule has 0 aromatic heterocycles. The van der Waals surface area contributed by atoms with Gasteiger partial charge in [0.15, 0.2) is 0 Å². The van der Waals surface area contributed by atoms with Crippen molar-refractivity contribution in [1.29, 1.82) is 0 Å². The Labute approximate surface area is 226 Å². The van der Waals surface area contributed by atoms with E-state index < -0.39 is 16.4 Å². The topological polar surface area (TPSA) is 12.5 Å². The minimum atomic E-state index is -0.511. The summed E-state index contributed by atoms with van der Waals surface area (Å²) in [5, 5.41) is 2.11. The normalized spacial score (nSPS) is 23.0. The largest absolute Gasteiger partial charge is 0.409 e. The van der Waals surface area contributed by atoms with Crippen LogP contribution in [0.1, 0.15) is 51.4 Å². The van der Waals surface area contributed by atoms with Crippen molar-refractivity contribution in [1.82, 2.24) is 5.06 Å². The average molecular weight is 498 g/mol. The van der Waals surface area contributed by atoms with E-state index in [0.717, 1.165) is 37.9 Å². The summed E-state index contributed by atoms with van der Waals surface area (Å²) in [7, 11) is 0. The van der Waals surface area contributed by atoms with Crippen molar-refractivity contribution < 1.29 is 4.84 Å². The van der Waals surface area contributed by atoms with Gasteiger partial charge in [0.1, 0.15) is 5.76 Å². The molecule has 0 amide bonds. The molecule has 0 bridgehead atoms. The minimum Gasteiger partial charge on any atom is -0.409 e. The van der Waals surface area contributed by atoms with E-state index >= 15 is 0 Å². The lowest BCUT2D eigenvalue weighted by Gasteiger charge is -2.72. The molecular weight excluding hydrogens is 450 g/mol. The molecule has 198 valence electrons. The Morgan fingerprint density at radius 2 is 1.11 bits per heavy atom. The van der Waals surface area contributed by atoms with Crippen LogP contribution in [0.25, 0.3) is 0 Å². The zero-order chi connectivity index (χ0) is 27.6. The molecule has 0 N–H and O–H groups in total. The second-order valence-electron chi connectivity index (χ2n) is 10.2. The summed E-state index contributed by atoms with van der Waals surface area (Å²) in [4.78, 5) is 7.00. The summed E-state index contributed by atoms with van der Waals surface area (Å²) in [6, 6.07) is 0.